The monoisotopic (exact) mass is 323 g/mol. The zero-order chi connectivity index (χ0) is 17.4. The number of methoxy groups -OCH3 is 3. The molecule has 128 valence electrons. The van der Waals surface area contributed by atoms with Gasteiger partial charge < -0.3 is 29.3 Å². The van der Waals surface area contributed by atoms with E-state index in [4.69, 9.17) is 29.3 Å². The molecule has 23 heavy (non-hydrogen) atoms. The number of nitrogens with two attached hydrogens (primary N) is 1. The average Bonchev–Trinajstić information content (AvgIpc) is 2.73. The molecule has 1 heterocycles. The third-order valence-corrected chi connectivity index (χ3v) is 4.64. The molecule has 7 heteroatoms. The summed E-state index contributed by atoms with van der Waals surface area (Å²) in [5.41, 5.74) is 6.30. The molecule has 1 aliphatic rings. The molecule has 1 aliphatic heterocycles. The molecule has 1 saturated heterocycles. The van der Waals surface area contributed by atoms with Gasteiger partial charge in [-0.05, 0) is 45.4 Å². The lowest BCUT2D eigenvalue weighted by atomic mass is 9.74. The standard InChI is InChI=1S/C16H26BNO5/c1-15(2)16(3,4)23-17(22-15)14(18)10-8-11(19-5)13(21-7)12(9-10)20-6/h8-9,14H,18H2,1-7H3/t14-/m1/s1. The zero-order valence-electron chi connectivity index (χ0n) is 14.9. The van der Waals surface area contributed by atoms with Gasteiger partial charge in [-0.3, -0.25) is 0 Å². The van der Waals surface area contributed by atoms with Gasteiger partial charge >= 0.3 is 7.12 Å². The van der Waals surface area contributed by atoms with E-state index in [0.717, 1.165) is 5.56 Å². The molecule has 0 saturated carbocycles. The van der Waals surface area contributed by atoms with Crippen LogP contribution in [0.4, 0.5) is 0 Å². The van der Waals surface area contributed by atoms with Crippen molar-refractivity contribution in [3.63, 3.8) is 0 Å². The second kappa shape index (κ2) is 6.22. The van der Waals surface area contributed by atoms with E-state index < -0.39 is 24.3 Å². The van der Waals surface area contributed by atoms with Gasteiger partial charge in [-0.25, -0.2) is 0 Å². The fraction of sp³-hybridized carbons (Fsp3) is 0.625. The second-order valence-corrected chi connectivity index (χ2v) is 6.61. The Bertz CT molecular complexity index is 535. The Balaban J connectivity index is 2.35. The van der Waals surface area contributed by atoms with E-state index in [1.165, 1.54) is 0 Å². The van der Waals surface area contributed by atoms with Gasteiger partial charge in [-0.2, -0.15) is 0 Å². The van der Waals surface area contributed by atoms with Crippen molar-refractivity contribution in [3.05, 3.63) is 17.7 Å². The molecule has 2 rings (SSSR count). The maximum atomic E-state index is 6.38. The number of hydrogen-bond acceptors (Lipinski definition) is 6. The maximum absolute atomic E-state index is 6.38. The fourth-order valence-corrected chi connectivity index (χ4v) is 2.49. The summed E-state index contributed by atoms with van der Waals surface area (Å²) >= 11 is 0. The molecular formula is C16H26BNO5. The summed E-state index contributed by atoms with van der Waals surface area (Å²) in [5, 5.41) is 0. The van der Waals surface area contributed by atoms with Gasteiger partial charge in [0.1, 0.15) is 0 Å². The largest absolute Gasteiger partial charge is 0.493 e. The van der Waals surface area contributed by atoms with Gasteiger partial charge in [-0.15, -0.1) is 0 Å². The van der Waals surface area contributed by atoms with E-state index in [1.54, 1.807) is 21.3 Å². The van der Waals surface area contributed by atoms with Crippen molar-refractivity contribution in [2.45, 2.75) is 44.8 Å². The van der Waals surface area contributed by atoms with Gasteiger partial charge in [0.2, 0.25) is 5.75 Å². The van der Waals surface area contributed by atoms with Crippen molar-refractivity contribution in [3.8, 4) is 17.2 Å². The van der Waals surface area contributed by atoms with Crippen LogP contribution >= 0.6 is 0 Å². The van der Waals surface area contributed by atoms with E-state index in [0.29, 0.717) is 17.2 Å². The van der Waals surface area contributed by atoms with Crippen LogP contribution in [-0.4, -0.2) is 39.6 Å². The van der Waals surface area contributed by atoms with Gasteiger partial charge in [-0.1, -0.05) is 0 Å². The van der Waals surface area contributed by atoms with Crippen molar-refractivity contribution < 1.29 is 23.5 Å². The van der Waals surface area contributed by atoms with Gasteiger partial charge in [0.15, 0.2) is 11.5 Å². The molecule has 0 amide bonds. The molecule has 0 unspecified atom stereocenters. The van der Waals surface area contributed by atoms with Crippen molar-refractivity contribution >= 4 is 7.12 Å². The first-order valence-electron chi connectivity index (χ1n) is 7.58. The lowest BCUT2D eigenvalue weighted by molar-refractivity contribution is 0.00578. The van der Waals surface area contributed by atoms with Crippen LogP contribution in [0.2, 0.25) is 0 Å². The van der Waals surface area contributed by atoms with Gasteiger partial charge in [0.05, 0.1) is 38.5 Å². The average molecular weight is 323 g/mol. The summed E-state index contributed by atoms with van der Waals surface area (Å²) in [4.78, 5) is 0. The van der Waals surface area contributed by atoms with E-state index in [2.05, 4.69) is 0 Å². The minimum absolute atomic E-state index is 0.435. The highest BCUT2D eigenvalue weighted by Gasteiger charge is 2.53. The predicted octanol–water partition coefficient (Wildman–Crippen LogP) is 2.34. The molecule has 0 aliphatic carbocycles. The summed E-state index contributed by atoms with van der Waals surface area (Å²) in [6.07, 6.45) is 0. The van der Waals surface area contributed by atoms with Crippen LogP contribution in [-0.2, 0) is 9.31 Å². The number of rotatable bonds is 5. The third-order valence-electron chi connectivity index (χ3n) is 4.64. The maximum Gasteiger partial charge on any atom is 0.480 e. The Morgan fingerprint density at radius 1 is 0.913 bits per heavy atom. The van der Waals surface area contributed by atoms with E-state index in [-0.39, 0.29) is 0 Å². The van der Waals surface area contributed by atoms with E-state index in [9.17, 15) is 0 Å². The summed E-state index contributed by atoms with van der Waals surface area (Å²) in [6.45, 7) is 7.98. The van der Waals surface area contributed by atoms with E-state index in [1.807, 2.05) is 39.8 Å². The molecule has 1 aromatic rings. The van der Waals surface area contributed by atoms with Crippen LogP contribution in [0.1, 0.15) is 39.2 Å². The molecule has 1 fully saturated rings. The molecule has 1 aromatic carbocycles. The van der Waals surface area contributed by atoms with Crippen LogP contribution in [0.3, 0.4) is 0 Å². The van der Waals surface area contributed by atoms with Crippen LogP contribution in [0.25, 0.3) is 0 Å². The molecule has 0 spiro atoms. The number of ether oxygens (including phenoxy) is 3. The quantitative estimate of drug-likeness (QED) is 0.839. The van der Waals surface area contributed by atoms with Crippen molar-refractivity contribution in [1.29, 1.82) is 0 Å². The highest BCUT2D eigenvalue weighted by molar-refractivity contribution is 6.47. The molecule has 0 bridgehead atoms. The zero-order valence-corrected chi connectivity index (χ0v) is 14.9. The van der Waals surface area contributed by atoms with Gasteiger partial charge in [0, 0.05) is 0 Å². The van der Waals surface area contributed by atoms with Crippen LogP contribution in [0, 0.1) is 0 Å². The summed E-state index contributed by atoms with van der Waals surface area (Å²) in [5.74, 6) is 1.15. The minimum atomic E-state index is -0.553. The second-order valence-electron chi connectivity index (χ2n) is 6.61. The molecule has 1 atom stereocenters. The minimum Gasteiger partial charge on any atom is -0.493 e. The molecular weight excluding hydrogens is 297 g/mol. The van der Waals surface area contributed by atoms with Crippen LogP contribution < -0.4 is 19.9 Å². The first-order valence-corrected chi connectivity index (χ1v) is 7.58. The van der Waals surface area contributed by atoms with E-state index >= 15 is 0 Å². The topological polar surface area (TPSA) is 72.2 Å². The highest BCUT2D eigenvalue weighted by atomic mass is 16.7. The van der Waals surface area contributed by atoms with Crippen LogP contribution in [0.5, 0.6) is 17.2 Å². The Hall–Kier alpha value is -1.44. The molecule has 6 nitrogen and oxygen atoms in total. The summed E-state index contributed by atoms with van der Waals surface area (Å²) in [7, 11) is 4.15. The Labute approximate surface area is 138 Å². The molecule has 0 radical (unpaired) electrons. The Kier molecular flexibility index (Phi) is 4.85. The number of hydrogen-bond donors (Lipinski definition) is 1. The first-order chi connectivity index (χ1) is 10.7. The SMILES string of the molecule is COc1cc([C@@H](N)B2OC(C)(C)C(C)(C)O2)cc(OC)c1OC. The first kappa shape index (κ1) is 17.9. The lowest BCUT2D eigenvalue weighted by Crippen LogP contribution is -2.41. The van der Waals surface area contributed by atoms with Crippen LogP contribution in [0.15, 0.2) is 12.1 Å². The highest BCUT2D eigenvalue weighted by Crippen LogP contribution is 2.43. The Morgan fingerprint density at radius 2 is 1.35 bits per heavy atom. The smallest absolute Gasteiger partial charge is 0.480 e. The fourth-order valence-electron chi connectivity index (χ4n) is 2.49. The Morgan fingerprint density at radius 3 is 1.70 bits per heavy atom. The van der Waals surface area contributed by atoms with Gasteiger partial charge in [0.25, 0.3) is 0 Å². The summed E-state index contributed by atoms with van der Waals surface area (Å²) in [6, 6.07) is 3.63. The van der Waals surface area contributed by atoms with Crippen molar-refractivity contribution in [1.82, 2.24) is 0 Å². The third kappa shape index (κ3) is 3.13. The predicted molar refractivity (Wildman–Crippen MR) is 89.1 cm³/mol. The van der Waals surface area contributed by atoms with Crippen molar-refractivity contribution in [2.75, 3.05) is 21.3 Å². The lowest BCUT2D eigenvalue weighted by Gasteiger charge is -2.32. The summed E-state index contributed by atoms with van der Waals surface area (Å²) < 4.78 is 28.1. The molecule has 0 aromatic heterocycles. The van der Waals surface area contributed by atoms with Crippen molar-refractivity contribution in [2.24, 2.45) is 5.73 Å². The number of benzene rings is 1. The normalized spacial score (nSPS) is 20.3. The molecule has 2 N–H and O–H groups in total.